The molecule has 1 N–H and O–H groups in total. The van der Waals surface area contributed by atoms with E-state index in [1.165, 1.54) is 0 Å². The molecule has 3 nitrogen and oxygen atoms in total. The van der Waals surface area contributed by atoms with E-state index in [1.54, 1.807) is 0 Å². The van der Waals surface area contributed by atoms with Gasteiger partial charge >= 0.3 is 0 Å². The van der Waals surface area contributed by atoms with Gasteiger partial charge in [0.05, 0.1) is 0 Å². The van der Waals surface area contributed by atoms with Crippen LogP contribution in [0.4, 0.5) is 0 Å². The van der Waals surface area contributed by atoms with Crippen molar-refractivity contribution in [3.63, 3.8) is 0 Å². The van der Waals surface area contributed by atoms with Crippen LogP contribution in [0.3, 0.4) is 0 Å². The Labute approximate surface area is 89.4 Å². The fourth-order valence-corrected chi connectivity index (χ4v) is 1.68. The lowest BCUT2D eigenvalue weighted by Crippen LogP contribution is -2.33. The molecular weight excluding hydrogens is 190 g/mol. The first kappa shape index (κ1) is 10.2. The van der Waals surface area contributed by atoms with Gasteiger partial charge in [-0.1, -0.05) is 30.3 Å². The van der Waals surface area contributed by atoms with E-state index in [4.69, 9.17) is 4.74 Å². The smallest absolute Gasteiger partial charge is 0.249 e. The molecule has 1 unspecified atom stereocenters. The quantitative estimate of drug-likeness (QED) is 0.811. The van der Waals surface area contributed by atoms with E-state index in [-0.39, 0.29) is 12.0 Å². The molecule has 0 saturated carbocycles. The normalized spacial score (nSPS) is 20.1. The van der Waals surface area contributed by atoms with Crippen LogP contribution in [-0.4, -0.2) is 18.6 Å². The molecule has 0 bridgehead atoms. The molecule has 15 heavy (non-hydrogen) atoms. The first-order chi connectivity index (χ1) is 7.36. The van der Waals surface area contributed by atoms with E-state index in [0.717, 1.165) is 18.4 Å². The number of rotatable bonds is 3. The van der Waals surface area contributed by atoms with Gasteiger partial charge in [0.2, 0.25) is 5.91 Å². The third kappa shape index (κ3) is 2.80. The Morgan fingerprint density at radius 1 is 1.40 bits per heavy atom. The predicted molar refractivity (Wildman–Crippen MR) is 57.3 cm³/mol. The number of amides is 1. The Hall–Kier alpha value is -1.35. The minimum absolute atomic E-state index is 0.0105. The second-order valence-electron chi connectivity index (χ2n) is 3.71. The van der Waals surface area contributed by atoms with Crippen molar-refractivity contribution in [3.05, 3.63) is 35.9 Å². The average Bonchev–Trinajstić information content (AvgIpc) is 2.81. The number of nitrogens with one attached hydrogen (secondary N) is 1. The van der Waals surface area contributed by atoms with E-state index in [1.807, 2.05) is 30.3 Å². The van der Waals surface area contributed by atoms with Gasteiger partial charge in [-0.2, -0.15) is 0 Å². The molecule has 1 aromatic carbocycles. The van der Waals surface area contributed by atoms with Crippen LogP contribution in [0.2, 0.25) is 0 Å². The third-order valence-electron chi connectivity index (χ3n) is 2.53. The van der Waals surface area contributed by atoms with Crippen molar-refractivity contribution in [2.24, 2.45) is 0 Å². The molecule has 80 valence electrons. The van der Waals surface area contributed by atoms with Gasteiger partial charge in [-0.05, 0) is 18.4 Å². The monoisotopic (exact) mass is 205 g/mol. The predicted octanol–water partition coefficient (Wildman–Crippen LogP) is 1.48. The fraction of sp³-hybridized carbons (Fsp3) is 0.417. The van der Waals surface area contributed by atoms with Crippen LogP contribution >= 0.6 is 0 Å². The van der Waals surface area contributed by atoms with Crippen molar-refractivity contribution >= 4 is 5.91 Å². The van der Waals surface area contributed by atoms with Gasteiger partial charge in [0.1, 0.15) is 6.10 Å². The van der Waals surface area contributed by atoms with Crippen LogP contribution in [0.1, 0.15) is 18.4 Å². The van der Waals surface area contributed by atoms with Crippen molar-refractivity contribution in [2.75, 3.05) is 6.61 Å². The highest BCUT2D eigenvalue weighted by Gasteiger charge is 2.22. The van der Waals surface area contributed by atoms with Crippen molar-refractivity contribution in [1.82, 2.24) is 5.32 Å². The highest BCUT2D eigenvalue weighted by atomic mass is 16.5. The number of carbonyl (C=O) groups excluding carboxylic acids is 1. The molecule has 1 heterocycles. The van der Waals surface area contributed by atoms with Gasteiger partial charge in [-0.15, -0.1) is 0 Å². The fourth-order valence-electron chi connectivity index (χ4n) is 1.68. The third-order valence-corrected chi connectivity index (χ3v) is 2.53. The molecule has 1 atom stereocenters. The standard InChI is InChI=1S/C12H15NO2/c14-12(11-7-4-8-15-11)13-9-10-5-2-1-3-6-10/h1-3,5-6,11H,4,7-9H2,(H,13,14). The van der Waals surface area contributed by atoms with E-state index in [9.17, 15) is 4.79 Å². The van der Waals surface area contributed by atoms with Crippen LogP contribution < -0.4 is 5.32 Å². The second kappa shape index (κ2) is 4.94. The number of carbonyl (C=O) groups is 1. The van der Waals surface area contributed by atoms with Crippen LogP contribution in [0.15, 0.2) is 30.3 Å². The molecular formula is C12H15NO2. The lowest BCUT2D eigenvalue weighted by Gasteiger charge is -2.10. The summed E-state index contributed by atoms with van der Waals surface area (Å²) in [6, 6.07) is 9.89. The van der Waals surface area contributed by atoms with E-state index in [2.05, 4.69) is 5.32 Å². The molecule has 0 aromatic heterocycles. The largest absolute Gasteiger partial charge is 0.368 e. The maximum Gasteiger partial charge on any atom is 0.249 e. The Bertz CT molecular complexity index is 318. The number of hydrogen-bond donors (Lipinski definition) is 1. The van der Waals surface area contributed by atoms with Gasteiger partial charge in [0.15, 0.2) is 0 Å². The minimum atomic E-state index is -0.228. The van der Waals surface area contributed by atoms with Gasteiger partial charge < -0.3 is 10.1 Å². The number of hydrogen-bond acceptors (Lipinski definition) is 2. The topological polar surface area (TPSA) is 38.3 Å². The summed E-state index contributed by atoms with van der Waals surface area (Å²) in [5.74, 6) is 0.0105. The minimum Gasteiger partial charge on any atom is -0.368 e. The van der Waals surface area contributed by atoms with E-state index < -0.39 is 0 Å². The van der Waals surface area contributed by atoms with Gasteiger partial charge in [0, 0.05) is 13.2 Å². The zero-order valence-corrected chi connectivity index (χ0v) is 8.61. The summed E-state index contributed by atoms with van der Waals surface area (Å²) in [6.45, 7) is 1.29. The lowest BCUT2D eigenvalue weighted by molar-refractivity contribution is -0.130. The first-order valence-electron chi connectivity index (χ1n) is 5.29. The summed E-state index contributed by atoms with van der Waals surface area (Å²) in [6.07, 6.45) is 1.61. The van der Waals surface area contributed by atoms with Gasteiger partial charge in [-0.3, -0.25) is 4.79 Å². The van der Waals surface area contributed by atoms with Gasteiger partial charge in [0.25, 0.3) is 0 Å². The molecule has 1 aromatic rings. The maximum absolute atomic E-state index is 11.6. The SMILES string of the molecule is O=C(NCc1ccccc1)C1CCCO1. The Morgan fingerprint density at radius 3 is 2.87 bits per heavy atom. The zero-order valence-electron chi connectivity index (χ0n) is 8.61. The Morgan fingerprint density at radius 2 is 2.20 bits per heavy atom. The second-order valence-corrected chi connectivity index (χ2v) is 3.71. The summed E-state index contributed by atoms with van der Waals surface area (Å²) >= 11 is 0. The number of ether oxygens (including phenoxy) is 1. The van der Waals surface area contributed by atoms with E-state index in [0.29, 0.717) is 13.2 Å². The average molecular weight is 205 g/mol. The molecule has 0 spiro atoms. The van der Waals surface area contributed by atoms with Gasteiger partial charge in [-0.25, -0.2) is 0 Å². The summed E-state index contributed by atoms with van der Waals surface area (Å²) in [7, 11) is 0. The molecule has 2 rings (SSSR count). The summed E-state index contributed by atoms with van der Waals surface area (Å²) in [5.41, 5.74) is 1.11. The van der Waals surface area contributed by atoms with Crippen LogP contribution in [0.25, 0.3) is 0 Å². The van der Waals surface area contributed by atoms with Crippen LogP contribution in [-0.2, 0) is 16.1 Å². The molecule has 3 heteroatoms. The van der Waals surface area contributed by atoms with E-state index >= 15 is 0 Å². The molecule has 1 amide bonds. The van der Waals surface area contributed by atoms with Crippen molar-refractivity contribution in [3.8, 4) is 0 Å². The summed E-state index contributed by atoms with van der Waals surface area (Å²) in [5, 5.41) is 2.88. The molecule has 0 aliphatic carbocycles. The van der Waals surface area contributed by atoms with Crippen LogP contribution in [0, 0.1) is 0 Å². The summed E-state index contributed by atoms with van der Waals surface area (Å²) in [4.78, 5) is 11.6. The molecule has 1 saturated heterocycles. The number of benzene rings is 1. The van der Waals surface area contributed by atoms with Crippen molar-refractivity contribution in [2.45, 2.75) is 25.5 Å². The summed E-state index contributed by atoms with van der Waals surface area (Å²) < 4.78 is 5.29. The highest BCUT2D eigenvalue weighted by Crippen LogP contribution is 2.11. The highest BCUT2D eigenvalue weighted by molar-refractivity contribution is 5.80. The van der Waals surface area contributed by atoms with Crippen molar-refractivity contribution in [1.29, 1.82) is 0 Å². The Balaban J connectivity index is 1.80. The molecule has 1 aliphatic heterocycles. The Kier molecular flexibility index (Phi) is 3.35. The molecule has 1 aliphatic rings. The van der Waals surface area contributed by atoms with Crippen molar-refractivity contribution < 1.29 is 9.53 Å². The lowest BCUT2D eigenvalue weighted by atomic mass is 10.2. The first-order valence-corrected chi connectivity index (χ1v) is 5.29. The van der Waals surface area contributed by atoms with Crippen LogP contribution in [0.5, 0.6) is 0 Å². The molecule has 0 radical (unpaired) electrons. The maximum atomic E-state index is 11.6. The molecule has 1 fully saturated rings. The zero-order chi connectivity index (χ0) is 10.5.